The first-order valence-electron chi connectivity index (χ1n) is 9.23. The molecule has 4 aromatic rings. The predicted octanol–water partition coefficient (Wildman–Crippen LogP) is 5.54. The molecule has 0 unspecified atom stereocenters. The number of carbonyl (C=O) groups is 1. The lowest BCUT2D eigenvalue weighted by molar-refractivity contribution is -0.140. The van der Waals surface area contributed by atoms with Gasteiger partial charge in [0, 0.05) is 28.5 Å². The minimum absolute atomic E-state index is 0.0872. The molecule has 0 fully saturated rings. The molecule has 0 saturated heterocycles. The second kappa shape index (κ2) is 7.87. The highest BCUT2D eigenvalue weighted by atomic mass is 35.5. The number of benzene rings is 2. The minimum atomic E-state index is -4.07. The second-order valence-electron chi connectivity index (χ2n) is 7.39. The van der Waals surface area contributed by atoms with Crippen molar-refractivity contribution in [3.05, 3.63) is 52.9 Å². The molecule has 4 rings (SSSR count). The number of aliphatic carboxylic acids is 1. The molecule has 0 bridgehead atoms. The van der Waals surface area contributed by atoms with Crippen molar-refractivity contribution in [3.63, 3.8) is 0 Å². The lowest BCUT2D eigenvalue weighted by Gasteiger charge is -2.17. The smallest absolute Gasteiger partial charge is 0.322 e. The molecule has 2 aromatic heterocycles. The molecule has 0 aliphatic heterocycles. The summed E-state index contributed by atoms with van der Waals surface area (Å²) >= 11 is 12.0. The van der Waals surface area contributed by atoms with Gasteiger partial charge in [-0.05, 0) is 58.9 Å². The van der Waals surface area contributed by atoms with Crippen molar-refractivity contribution in [2.75, 3.05) is 0 Å². The lowest BCUT2D eigenvalue weighted by Crippen LogP contribution is -2.44. The maximum Gasteiger partial charge on any atom is 0.322 e. The standard InChI is InChI=1S/C21H17Cl2NO6S/c1-10(2)19(21(25)26)24-31(27,28)12-4-5-13-15-7-11(14-9-18(22)30-20(14)23)3-6-16(15)29-17(13)8-12/h3-10,19,24H,1-2H3,(H,25,26)/t19-/m0/s1. The van der Waals surface area contributed by atoms with E-state index in [0.29, 0.717) is 22.1 Å². The number of nitrogens with one attached hydrogen (secondary N) is 1. The number of halogens is 2. The van der Waals surface area contributed by atoms with Crippen LogP contribution in [-0.4, -0.2) is 25.5 Å². The Morgan fingerprint density at radius 2 is 1.74 bits per heavy atom. The van der Waals surface area contributed by atoms with Gasteiger partial charge in [0.05, 0.1) is 4.90 Å². The van der Waals surface area contributed by atoms with Gasteiger partial charge in [-0.2, -0.15) is 4.72 Å². The Hall–Kier alpha value is -2.52. The van der Waals surface area contributed by atoms with Crippen molar-refractivity contribution in [3.8, 4) is 11.1 Å². The van der Waals surface area contributed by atoms with Crippen LogP contribution in [-0.2, 0) is 14.8 Å². The highest BCUT2D eigenvalue weighted by Crippen LogP contribution is 2.37. The largest absolute Gasteiger partial charge is 0.480 e. The SMILES string of the molecule is CC(C)[C@H](NS(=O)(=O)c1ccc2c(c1)oc1ccc(-c3cc(Cl)oc3Cl)cc12)C(=O)O. The first-order chi connectivity index (χ1) is 14.6. The molecular weight excluding hydrogens is 465 g/mol. The zero-order chi connectivity index (χ0) is 22.5. The third kappa shape index (κ3) is 4.04. The summed E-state index contributed by atoms with van der Waals surface area (Å²) in [5, 5.41) is 11.1. The molecule has 1 atom stereocenters. The van der Waals surface area contributed by atoms with Crippen molar-refractivity contribution >= 4 is 61.1 Å². The van der Waals surface area contributed by atoms with Crippen molar-refractivity contribution in [2.45, 2.75) is 24.8 Å². The van der Waals surface area contributed by atoms with E-state index in [4.69, 9.17) is 32.0 Å². The van der Waals surface area contributed by atoms with Gasteiger partial charge in [-0.3, -0.25) is 4.79 Å². The van der Waals surface area contributed by atoms with Gasteiger partial charge in [0.15, 0.2) is 5.22 Å². The van der Waals surface area contributed by atoms with Gasteiger partial charge >= 0.3 is 5.97 Å². The molecule has 162 valence electrons. The fourth-order valence-electron chi connectivity index (χ4n) is 3.34. The third-order valence-electron chi connectivity index (χ3n) is 4.94. The van der Waals surface area contributed by atoms with Crippen LogP contribution in [0.25, 0.3) is 33.1 Å². The molecule has 0 aliphatic carbocycles. The summed E-state index contributed by atoms with van der Waals surface area (Å²) < 4.78 is 38.7. The number of carboxylic acid groups (broad SMARTS) is 1. The molecule has 10 heteroatoms. The van der Waals surface area contributed by atoms with E-state index in [2.05, 4.69) is 4.72 Å². The van der Waals surface area contributed by atoms with Gasteiger partial charge in [0.1, 0.15) is 17.2 Å². The van der Waals surface area contributed by atoms with Crippen molar-refractivity contribution in [1.29, 1.82) is 0 Å². The van der Waals surface area contributed by atoms with Crippen LogP contribution in [0.15, 0.2) is 56.2 Å². The van der Waals surface area contributed by atoms with E-state index in [1.807, 2.05) is 6.07 Å². The molecule has 2 N–H and O–H groups in total. The van der Waals surface area contributed by atoms with E-state index in [1.165, 1.54) is 12.1 Å². The number of carboxylic acids is 1. The Labute approximate surface area is 187 Å². The Morgan fingerprint density at radius 1 is 1.00 bits per heavy atom. The fraction of sp³-hybridized carbons (Fsp3) is 0.190. The third-order valence-corrected chi connectivity index (χ3v) is 6.84. The van der Waals surface area contributed by atoms with Crippen LogP contribution in [0.3, 0.4) is 0 Å². The minimum Gasteiger partial charge on any atom is -0.480 e. The quantitative estimate of drug-likeness (QED) is 0.374. The molecular formula is C21H17Cl2NO6S. The number of hydrogen-bond acceptors (Lipinski definition) is 5. The summed E-state index contributed by atoms with van der Waals surface area (Å²) in [7, 11) is -4.07. The number of rotatable bonds is 6. The zero-order valence-corrected chi connectivity index (χ0v) is 18.7. The van der Waals surface area contributed by atoms with E-state index in [1.54, 1.807) is 38.1 Å². The number of fused-ring (bicyclic) bond motifs is 3. The van der Waals surface area contributed by atoms with E-state index >= 15 is 0 Å². The molecule has 0 amide bonds. The van der Waals surface area contributed by atoms with Crippen molar-refractivity contribution in [1.82, 2.24) is 4.72 Å². The maximum atomic E-state index is 12.7. The Balaban J connectivity index is 1.77. The molecule has 0 spiro atoms. The van der Waals surface area contributed by atoms with E-state index in [9.17, 15) is 18.3 Å². The van der Waals surface area contributed by atoms with Crippen LogP contribution in [0.1, 0.15) is 13.8 Å². The summed E-state index contributed by atoms with van der Waals surface area (Å²) in [5.74, 6) is -1.67. The van der Waals surface area contributed by atoms with Crippen LogP contribution in [0, 0.1) is 5.92 Å². The molecule has 2 heterocycles. The first kappa shape index (κ1) is 21.7. The van der Waals surface area contributed by atoms with Crippen molar-refractivity contribution < 1.29 is 27.2 Å². The molecule has 0 aliphatic rings. The van der Waals surface area contributed by atoms with Crippen LogP contribution in [0.5, 0.6) is 0 Å². The average Bonchev–Trinajstić information content (AvgIpc) is 3.23. The van der Waals surface area contributed by atoms with Crippen LogP contribution in [0.4, 0.5) is 0 Å². The van der Waals surface area contributed by atoms with Gasteiger partial charge in [-0.15, -0.1) is 0 Å². The van der Waals surface area contributed by atoms with Crippen LogP contribution < -0.4 is 4.72 Å². The van der Waals surface area contributed by atoms with Gasteiger partial charge in [-0.25, -0.2) is 8.42 Å². The summed E-state index contributed by atoms with van der Waals surface area (Å²) in [6.07, 6.45) is 0. The summed E-state index contributed by atoms with van der Waals surface area (Å²) in [6.45, 7) is 3.25. The topological polar surface area (TPSA) is 110 Å². The number of hydrogen-bond donors (Lipinski definition) is 2. The highest BCUT2D eigenvalue weighted by molar-refractivity contribution is 7.89. The molecule has 7 nitrogen and oxygen atoms in total. The normalized spacial score (nSPS) is 13.3. The maximum absolute atomic E-state index is 12.7. The Morgan fingerprint density at radius 3 is 2.35 bits per heavy atom. The Bertz CT molecular complexity index is 1420. The van der Waals surface area contributed by atoms with E-state index in [0.717, 1.165) is 10.9 Å². The van der Waals surface area contributed by atoms with Gasteiger partial charge in [0.2, 0.25) is 15.2 Å². The van der Waals surface area contributed by atoms with E-state index < -0.39 is 28.0 Å². The highest BCUT2D eigenvalue weighted by Gasteiger charge is 2.28. The fourth-order valence-corrected chi connectivity index (χ4v) is 5.16. The van der Waals surface area contributed by atoms with Gasteiger partial charge in [0.25, 0.3) is 0 Å². The molecule has 31 heavy (non-hydrogen) atoms. The number of furan rings is 2. The first-order valence-corrected chi connectivity index (χ1v) is 11.5. The lowest BCUT2D eigenvalue weighted by atomic mass is 10.1. The Kier molecular flexibility index (Phi) is 5.51. The average molecular weight is 482 g/mol. The predicted molar refractivity (Wildman–Crippen MR) is 118 cm³/mol. The molecule has 0 radical (unpaired) electrons. The van der Waals surface area contributed by atoms with Gasteiger partial charge < -0.3 is 13.9 Å². The summed E-state index contributed by atoms with van der Waals surface area (Å²) in [5.41, 5.74) is 2.29. The summed E-state index contributed by atoms with van der Waals surface area (Å²) in [6, 6.07) is 10.1. The van der Waals surface area contributed by atoms with Gasteiger partial charge in [-0.1, -0.05) is 19.9 Å². The second-order valence-corrected chi connectivity index (χ2v) is 9.82. The van der Waals surface area contributed by atoms with Crippen LogP contribution >= 0.6 is 23.2 Å². The summed E-state index contributed by atoms with van der Waals surface area (Å²) in [4.78, 5) is 11.3. The molecule has 2 aromatic carbocycles. The molecule has 0 saturated carbocycles. The zero-order valence-electron chi connectivity index (χ0n) is 16.3. The van der Waals surface area contributed by atoms with E-state index in [-0.39, 0.29) is 15.3 Å². The number of sulfonamides is 1. The van der Waals surface area contributed by atoms with Crippen molar-refractivity contribution in [2.24, 2.45) is 5.92 Å². The van der Waals surface area contributed by atoms with Crippen LogP contribution in [0.2, 0.25) is 10.4 Å². The monoisotopic (exact) mass is 481 g/mol.